The van der Waals surface area contributed by atoms with Crippen molar-refractivity contribution in [2.45, 2.75) is 27.7 Å². The molecule has 5 aromatic heterocycles. The van der Waals surface area contributed by atoms with E-state index >= 15 is 0 Å². The van der Waals surface area contributed by atoms with Crippen LogP contribution in [0.5, 0.6) is 0 Å². The van der Waals surface area contributed by atoms with Gasteiger partial charge >= 0.3 is 0 Å². The molecule has 269 valence electrons. The van der Waals surface area contributed by atoms with Crippen molar-refractivity contribution in [3.05, 3.63) is 187 Å². The van der Waals surface area contributed by atoms with E-state index < -0.39 is 0 Å². The van der Waals surface area contributed by atoms with Crippen molar-refractivity contribution in [2.75, 3.05) is 0 Å². The van der Waals surface area contributed by atoms with Crippen LogP contribution in [0.1, 0.15) is 22.4 Å². The Labute approximate surface area is 335 Å². The van der Waals surface area contributed by atoms with Gasteiger partial charge in [0.2, 0.25) is 0 Å². The number of hydrogen-bond donors (Lipinski definition) is 0. The molecular formula is C49H37IrN5-2. The van der Waals surface area contributed by atoms with Gasteiger partial charge in [0.15, 0.2) is 0 Å². The summed E-state index contributed by atoms with van der Waals surface area (Å²) in [6.07, 6.45) is 9.31. The Kier molecular flexibility index (Phi) is 11.1. The third-order valence-corrected chi connectivity index (χ3v) is 9.76. The van der Waals surface area contributed by atoms with Gasteiger partial charge in [0.05, 0.1) is 11.0 Å². The molecule has 0 saturated heterocycles. The molecule has 0 aliphatic heterocycles. The second kappa shape index (κ2) is 16.4. The number of aryl methyl sites for hydroxylation is 3. The average Bonchev–Trinajstić information content (AvgIpc) is 3.23. The zero-order chi connectivity index (χ0) is 37.0. The fourth-order valence-electron chi connectivity index (χ4n) is 6.97. The van der Waals surface area contributed by atoms with E-state index in [-0.39, 0.29) is 20.1 Å². The Morgan fingerprint density at radius 2 is 1.13 bits per heavy atom. The van der Waals surface area contributed by atoms with Crippen LogP contribution in [-0.4, -0.2) is 24.9 Å². The molecule has 0 unspecified atom stereocenters. The van der Waals surface area contributed by atoms with Crippen LogP contribution >= 0.6 is 0 Å². The van der Waals surface area contributed by atoms with E-state index in [9.17, 15) is 0 Å². The van der Waals surface area contributed by atoms with Crippen molar-refractivity contribution >= 4 is 21.8 Å². The topological polar surface area (TPSA) is 64.5 Å². The summed E-state index contributed by atoms with van der Waals surface area (Å²) < 4.78 is 0. The normalized spacial score (nSPS) is 10.8. The van der Waals surface area contributed by atoms with Crippen molar-refractivity contribution in [1.82, 2.24) is 24.9 Å². The molecule has 55 heavy (non-hydrogen) atoms. The van der Waals surface area contributed by atoms with E-state index in [1.807, 2.05) is 105 Å². The smallest absolute Gasteiger partial charge is 0.0787 e. The molecular weight excluding hydrogens is 851 g/mol. The first-order valence-corrected chi connectivity index (χ1v) is 18.0. The van der Waals surface area contributed by atoms with Crippen LogP contribution < -0.4 is 0 Å². The van der Waals surface area contributed by atoms with Crippen LogP contribution in [0.3, 0.4) is 0 Å². The van der Waals surface area contributed by atoms with Gasteiger partial charge in [-0.1, -0.05) is 48.9 Å². The molecule has 0 amide bonds. The van der Waals surface area contributed by atoms with Gasteiger partial charge in [-0.15, -0.1) is 65.2 Å². The van der Waals surface area contributed by atoms with Crippen LogP contribution in [0.2, 0.25) is 0 Å². The fourth-order valence-corrected chi connectivity index (χ4v) is 6.97. The molecule has 9 aromatic rings. The second-order valence-electron chi connectivity index (χ2n) is 13.4. The van der Waals surface area contributed by atoms with Crippen molar-refractivity contribution in [1.29, 1.82) is 0 Å². The molecule has 0 aliphatic rings. The van der Waals surface area contributed by atoms with E-state index in [0.717, 1.165) is 77.8 Å². The number of rotatable bonds is 5. The molecule has 0 bridgehead atoms. The summed E-state index contributed by atoms with van der Waals surface area (Å²) in [5.74, 6) is 0. The molecule has 0 atom stereocenters. The largest absolute Gasteiger partial charge is 0.305 e. The van der Waals surface area contributed by atoms with Crippen molar-refractivity contribution in [2.24, 2.45) is 0 Å². The molecule has 6 heteroatoms. The summed E-state index contributed by atoms with van der Waals surface area (Å²) in [6, 6.07) is 47.8. The van der Waals surface area contributed by atoms with Crippen LogP contribution in [0.15, 0.2) is 152 Å². The van der Waals surface area contributed by atoms with Crippen LogP contribution in [0, 0.1) is 39.8 Å². The van der Waals surface area contributed by atoms with Gasteiger partial charge in [0.1, 0.15) is 0 Å². The molecule has 0 N–H and O–H groups in total. The zero-order valence-corrected chi connectivity index (χ0v) is 33.4. The molecule has 4 aromatic carbocycles. The molecule has 1 radical (unpaired) electrons. The first kappa shape index (κ1) is 37.1. The Hall–Kier alpha value is -6.20. The number of benzene rings is 4. The number of fused-ring (bicyclic) bond motifs is 3. The summed E-state index contributed by atoms with van der Waals surface area (Å²) >= 11 is 0. The van der Waals surface area contributed by atoms with E-state index in [1.165, 1.54) is 22.3 Å². The minimum absolute atomic E-state index is 0. The molecule has 5 heterocycles. The van der Waals surface area contributed by atoms with Crippen molar-refractivity contribution < 1.29 is 20.1 Å². The monoisotopic (exact) mass is 888 g/mol. The summed E-state index contributed by atoms with van der Waals surface area (Å²) in [7, 11) is 0. The Morgan fingerprint density at radius 1 is 0.473 bits per heavy atom. The number of aromatic nitrogens is 5. The predicted octanol–water partition coefficient (Wildman–Crippen LogP) is 11.8. The maximum atomic E-state index is 4.89. The standard InChI is InChI=1S/C38H29N4.C11H8N.Ir/c1-23-12-13-27(36-11-5-6-14-39-36)18-32(23)34-20-28(19-33(26(34)4)31-17-25(3)42-22-24(31)2)35-21-37-29(9-7-15-40-37)30-10-8-16-41-38(30)35;1-2-6-10(7-3-1)11-8-4-5-9-12-11;/h5-12,14-22H,1-4H3;1-6,8-9H;/q2*-1;. The first-order valence-electron chi connectivity index (χ1n) is 18.0. The van der Waals surface area contributed by atoms with Gasteiger partial charge in [0, 0.05) is 73.1 Å². The van der Waals surface area contributed by atoms with E-state index in [4.69, 9.17) is 9.97 Å². The second-order valence-corrected chi connectivity index (χ2v) is 13.4. The number of pyridine rings is 5. The average molecular weight is 888 g/mol. The van der Waals surface area contributed by atoms with Crippen LogP contribution in [-0.2, 0) is 20.1 Å². The van der Waals surface area contributed by atoms with Gasteiger partial charge in [-0.25, -0.2) is 0 Å². The summed E-state index contributed by atoms with van der Waals surface area (Å²) in [5.41, 5.74) is 17.2. The van der Waals surface area contributed by atoms with E-state index in [2.05, 4.69) is 96.4 Å². The zero-order valence-electron chi connectivity index (χ0n) is 31.0. The quantitative estimate of drug-likeness (QED) is 0.127. The van der Waals surface area contributed by atoms with E-state index in [0.29, 0.717) is 0 Å². The Morgan fingerprint density at radius 3 is 1.82 bits per heavy atom. The molecule has 0 aliphatic carbocycles. The molecule has 0 saturated carbocycles. The summed E-state index contributed by atoms with van der Waals surface area (Å²) in [5, 5.41) is 2.20. The van der Waals surface area contributed by atoms with Gasteiger partial charge in [-0.05, 0) is 114 Å². The van der Waals surface area contributed by atoms with Crippen molar-refractivity contribution in [3.63, 3.8) is 0 Å². The van der Waals surface area contributed by atoms with Gasteiger partial charge in [-0.3, -0.25) is 15.0 Å². The minimum atomic E-state index is 0. The molecule has 9 rings (SSSR count). The summed E-state index contributed by atoms with van der Waals surface area (Å²) in [4.78, 5) is 23.0. The third-order valence-electron chi connectivity index (χ3n) is 9.76. The molecule has 0 spiro atoms. The predicted molar refractivity (Wildman–Crippen MR) is 221 cm³/mol. The Bertz CT molecular complexity index is 2710. The minimum Gasteiger partial charge on any atom is -0.305 e. The van der Waals surface area contributed by atoms with Gasteiger partial charge < -0.3 is 9.97 Å². The third kappa shape index (κ3) is 7.74. The SMILES string of the molecule is Cc1cc(-c2cc(-c3cc4ncccc4c4cccnc34)cc(-c3cc(-c4ccccn4)[c-]cc3C)c2C)c(C)cn1.[Ir].[c-]1ccccc1-c1ccccn1. The maximum Gasteiger partial charge on any atom is 0.0787 e. The first-order chi connectivity index (χ1) is 26.4. The van der Waals surface area contributed by atoms with Crippen LogP contribution in [0.4, 0.5) is 0 Å². The maximum absolute atomic E-state index is 4.89. The number of nitrogens with zero attached hydrogens (tertiary/aromatic N) is 5. The van der Waals surface area contributed by atoms with Crippen molar-refractivity contribution in [3.8, 4) is 55.9 Å². The Balaban J connectivity index is 0.000000305. The number of hydrogen-bond acceptors (Lipinski definition) is 5. The van der Waals surface area contributed by atoms with Crippen LogP contribution in [0.25, 0.3) is 77.7 Å². The molecule has 0 fully saturated rings. The van der Waals surface area contributed by atoms with Gasteiger partial charge in [-0.2, -0.15) is 0 Å². The van der Waals surface area contributed by atoms with Gasteiger partial charge in [0.25, 0.3) is 0 Å². The van der Waals surface area contributed by atoms with E-state index in [1.54, 1.807) is 6.20 Å². The fraction of sp³-hybridized carbons (Fsp3) is 0.0816. The molecule has 5 nitrogen and oxygen atoms in total. The summed E-state index contributed by atoms with van der Waals surface area (Å²) in [6.45, 7) is 8.55.